The molecule has 1 amide bonds. The zero-order chi connectivity index (χ0) is 19.9. The highest BCUT2D eigenvalue weighted by Gasteiger charge is 2.17. The van der Waals surface area contributed by atoms with E-state index in [1.165, 1.54) is 41.3 Å². The van der Waals surface area contributed by atoms with E-state index in [1.807, 2.05) is 6.92 Å². The van der Waals surface area contributed by atoms with Crippen molar-refractivity contribution >= 4 is 21.6 Å². The van der Waals surface area contributed by atoms with Crippen LogP contribution in [0.1, 0.15) is 20.3 Å². The van der Waals surface area contributed by atoms with E-state index in [-0.39, 0.29) is 29.6 Å². The van der Waals surface area contributed by atoms with Gasteiger partial charge < -0.3 is 9.64 Å². The molecule has 6 nitrogen and oxygen atoms in total. The van der Waals surface area contributed by atoms with Crippen LogP contribution in [0.15, 0.2) is 53.4 Å². The Morgan fingerprint density at radius 3 is 2.26 bits per heavy atom. The molecular formula is C19H23FN2O4S. The van der Waals surface area contributed by atoms with Crippen LogP contribution >= 0.6 is 0 Å². The zero-order valence-corrected chi connectivity index (χ0v) is 16.1. The Labute approximate surface area is 159 Å². The number of hydrogen-bond acceptors (Lipinski definition) is 4. The van der Waals surface area contributed by atoms with Crippen molar-refractivity contribution in [2.75, 3.05) is 24.6 Å². The predicted molar refractivity (Wildman–Crippen MR) is 102 cm³/mol. The van der Waals surface area contributed by atoms with E-state index in [9.17, 15) is 17.6 Å². The predicted octanol–water partition coefficient (Wildman–Crippen LogP) is 2.95. The van der Waals surface area contributed by atoms with Gasteiger partial charge in [0.25, 0.3) is 0 Å². The van der Waals surface area contributed by atoms with E-state index in [2.05, 4.69) is 4.72 Å². The van der Waals surface area contributed by atoms with Gasteiger partial charge in [0.2, 0.25) is 15.9 Å². The summed E-state index contributed by atoms with van der Waals surface area (Å²) in [5.41, 5.74) is 0.568. The van der Waals surface area contributed by atoms with E-state index < -0.39 is 10.0 Å². The van der Waals surface area contributed by atoms with E-state index in [4.69, 9.17) is 4.74 Å². The van der Waals surface area contributed by atoms with Crippen LogP contribution in [-0.4, -0.2) is 34.0 Å². The van der Waals surface area contributed by atoms with Crippen molar-refractivity contribution in [1.29, 1.82) is 0 Å². The Morgan fingerprint density at radius 2 is 1.70 bits per heavy atom. The number of nitrogens with one attached hydrogen (secondary N) is 1. The maximum atomic E-state index is 13.0. The van der Waals surface area contributed by atoms with Gasteiger partial charge in [-0.3, -0.25) is 4.79 Å². The van der Waals surface area contributed by atoms with Gasteiger partial charge in [0.15, 0.2) is 0 Å². The molecule has 0 aliphatic rings. The van der Waals surface area contributed by atoms with Crippen molar-refractivity contribution in [2.24, 2.45) is 0 Å². The monoisotopic (exact) mass is 394 g/mol. The fourth-order valence-electron chi connectivity index (χ4n) is 2.52. The first-order valence-corrected chi connectivity index (χ1v) is 10.1. The minimum Gasteiger partial charge on any atom is -0.494 e. The molecule has 8 heteroatoms. The number of ether oxygens (including phenoxy) is 1. The van der Waals surface area contributed by atoms with Crippen molar-refractivity contribution in [2.45, 2.75) is 25.2 Å². The molecule has 27 heavy (non-hydrogen) atoms. The molecule has 0 aliphatic carbocycles. The average Bonchev–Trinajstić information content (AvgIpc) is 2.64. The highest BCUT2D eigenvalue weighted by molar-refractivity contribution is 7.89. The van der Waals surface area contributed by atoms with E-state index >= 15 is 0 Å². The molecule has 0 aliphatic heterocycles. The van der Waals surface area contributed by atoms with Crippen LogP contribution in [0.4, 0.5) is 10.1 Å². The van der Waals surface area contributed by atoms with Crippen molar-refractivity contribution < 1.29 is 22.3 Å². The maximum Gasteiger partial charge on any atom is 0.240 e. The van der Waals surface area contributed by atoms with Crippen molar-refractivity contribution in [3.05, 3.63) is 54.3 Å². The van der Waals surface area contributed by atoms with Gasteiger partial charge >= 0.3 is 0 Å². The number of benzene rings is 2. The van der Waals surface area contributed by atoms with Gasteiger partial charge in [-0.15, -0.1) is 0 Å². The lowest BCUT2D eigenvalue weighted by Gasteiger charge is -2.21. The first-order valence-electron chi connectivity index (χ1n) is 8.65. The quantitative estimate of drug-likeness (QED) is 0.710. The first-order chi connectivity index (χ1) is 12.9. The van der Waals surface area contributed by atoms with Gasteiger partial charge in [-0.1, -0.05) is 0 Å². The average molecular weight is 394 g/mol. The molecular weight excluding hydrogens is 371 g/mol. The van der Waals surface area contributed by atoms with Gasteiger partial charge in [0.05, 0.1) is 11.5 Å². The maximum absolute atomic E-state index is 13.0. The molecule has 0 spiro atoms. The summed E-state index contributed by atoms with van der Waals surface area (Å²) in [6.45, 7) is 4.50. The lowest BCUT2D eigenvalue weighted by molar-refractivity contribution is -0.118. The topological polar surface area (TPSA) is 75.7 Å². The normalized spacial score (nSPS) is 11.2. The molecule has 0 unspecified atom stereocenters. The van der Waals surface area contributed by atoms with Gasteiger partial charge in [0.1, 0.15) is 11.6 Å². The summed E-state index contributed by atoms with van der Waals surface area (Å²) in [5, 5.41) is 0. The zero-order valence-electron chi connectivity index (χ0n) is 15.3. The van der Waals surface area contributed by atoms with Crippen molar-refractivity contribution in [3.8, 4) is 5.75 Å². The summed E-state index contributed by atoms with van der Waals surface area (Å²) in [5.74, 6) is -0.0478. The summed E-state index contributed by atoms with van der Waals surface area (Å²) in [6, 6.07) is 11.6. The summed E-state index contributed by atoms with van der Waals surface area (Å²) in [6.07, 6.45) is -0.0124. The molecule has 0 radical (unpaired) electrons. The van der Waals surface area contributed by atoms with E-state index in [0.717, 1.165) is 0 Å². The highest BCUT2D eigenvalue weighted by atomic mass is 32.2. The Hall–Kier alpha value is -2.45. The van der Waals surface area contributed by atoms with Crippen LogP contribution < -0.4 is 14.4 Å². The van der Waals surface area contributed by atoms with Gasteiger partial charge in [0, 0.05) is 25.2 Å². The number of rotatable bonds is 9. The molecule has 0 fully saturated rings. The molecule has 2 rings (SSSR count). The molecule has 0 aromatic heterocycles. The van der Waals surface area contributed by atoms with Crippen LogP contribution in [0.3, 0.4) is 0 Å². The minimum absolute atomic E-state index is 0.0124. The number of anilines is 1. The van der Waals surface area contributed by atoms with Gasteiger partial charge in [-0.25, -0.2) is 17.5 Å². The standard InChI is InChI=1S/C19H23FN2O4S/c1-3-22(16-7-5-15(20)6-8-16)19(23)13-14-21-27(24,25)18-11-9-17(10-12-18)26-4-2/h5-12,21H,3-4,13-14H2,1-2H3. The number of carbonyl (C=O) groups is 1. The highest BCUT2D eigenvalue weighted by Crippen LogP contribution is 2.17. The minimum atomic E-state index is -3.72. The Kier molecular flexibility index (Phi) is 7.32. The van der Waals surface area contributed by atoms with Crippen molar-refractivity contribution in [1.82, 2.24) is 4.72 Å². The molecule has 146 valence electrons. The number of nitrogens with zero attached hydrogens (tertiary/aromatic N) is 1. The van der Waals surface area contributed by atoms with E-state index in [1.54, 1.807) is 19.1 Å². The molecule has 0 bridgehead atoms. The molecule has 0 saturated carbocycles. The summed E-state index contributed by atoms with van der Waals surface area (Å²) >= 11 is 0. The van der Waals surface area contributed by atoms with Gasteiger partial charge in [-0.2, -0.15) is 0 Å². The first kappa shape index (κ1) is 20.9. The largest absolute Gasteiger partial charge is 0.494 e. The van der Waals surface area contributed by atoms with Crippen LogP contribution in [0, 0.1) is 5.82 Å². The smallest absolute Gasteiger partial charge is 0.240 e. The van der Waals surface area contributed by atoms with Crippen LogP contribution in [0.5, 0.6) is 5.75 Å². The second-order valence-electron chi connectivity index (χ2n) is 5.67. The van der Waals surface area contributed by atoms with E-state index in [0.29, 0.717) is 24.6 Å². The lowest BCUT2D eigenvalue weighted by Crippen LogP contribution is -2.34. The van der Waals surface area contributed by atoms with Crippen molar-refractivity contribution in [3.63, 3.8) is 0 Å². The number of carbonyl (C=O) groups excluding carboxylic acids is 1. The Bertz CT molecular complexity index is 852. The fraction of sp³-hybridized carbons (Fsp3) is 0.316. The van der Waals surface area contributed by atoms with Gasteiger partial charge in [-0.05, 0) is 62.4 Å². The number of amides is 1. The Morgan fingerprint density at radius 1 is 1.07 bits per heavy atom. The van der Waals surface area contributed by atoms with Crippen LogP contribution in [0.2, 0.25) is 0 Å². The SMILES string of the molecule is CCOc1ccc(S(=O)(=O)NCCC(=O)N(CC)c2ccc(F)cc2)cc1. The molecule has 0 saturated heterocycles. The molecule has 2 aromatic rings. The second-order valence-corrected chi connectivity index (χ2v) is 7.43. The molecule has 1 N–H and O–H groups in total. The Balaban J connectivity index is 1.95. The molecule has 0 heterocycles. The van der Waals surface area contributed by atoms with Crippen LogP contribution in [-0.2, 0) is 14.8 Å². The second kappa shape index (κ2) is 9.48. The third-order valence-corrected chi connectivity index (χ3v) is 5.31. The number of hydrogen-bond donors (Lipinski definition) is 1. The molecule has 2 aromatic carbocycles. The lowest BCUT2D eigenvalue weighted by atomic mass is 10.2. The number of halogens is 1. The third-order valence-electron chi connectivity index (χ3n) is 3.83. The fourth-order valence-corrected chi connectivity index (χ4v) is 3.55. The van der Waals surface area contributed by atoms with Crippen LogP contribution in [0.25, 0.3) is 0 Å². The summed E-state index contributed by atoms with van der Waals surface area (Å²) < 4.78 is 45.4. The number of sulfonamides is 1. The molecule has 0 atom stereocenters. The summed E-state index contributed by atoms with van der Waals surface area (Å²) in [4.78, 5) is 14.0. The summed E-state index contributed by atoms with van der Waals surface area (Å²) in [7, 11) is -3.72. The third kappa shape index (κ3) is 5.77.